The van der Waals surface area contributed by atoms with Crippen LogP contribution in [0.5, 0.6) is 0 Å². The van der Waals surface area contributed by atoms with Crippen molar-refractivity contribution in [1.29, 1.82) is 0 Å². The lowest BCUT2D eigenvalue weighted by molar-refractivity contribution is 0.473. The minimum absolute atomic E-state index is 0.502. The largest absolute Gasteiger partial charge is 0.0956 e. The summed E-state index contributed by atoms with van der Waals surface area (Å²) in [5.41, 5.74) is 5.58. The topological polar surface area (TPSA) is 0 Å². The van der Waals surface area contributed by atoms with Gasteiger partial charge in [-0.3, -0.25) is 0 Å². The second-order valence-corrected chi connectivity index (χ2v) is 8.96. The van der Waals surface area contributed by atoms with E-state index >= 15 is 0 Å². The Bertz CT molecular complexity index is 590. The van der Waals surface area contributed by atoms with Crippen molar-refractivity contribution in [3.63, 3.8) is 0 Å². The Balaban J connectivity index is 3.00. The quantitative estimate of drug-likeness (QED) is 0.255. The van der Waals surface area contributed by atoms with Gasteiger partial charge in [0.15, 0.2) is 0 Å². The monoisotopic (exact) mass is 368 g/mol. The van der Waals surface area contributed by atoms with Gasteiger partial charge in [-0.1, -0.05) is 117 Å². The molecule has 0 amide bonds. The van der Waals surface area contributed by atoms with Crippen LogP contribution in [0.4, 0.5) is 0 Å². The Morgan fingerprint density at radius 1 is 1.00 bits per heavy atom. The van der Waals surface area contributed by atoms with Gasteiger partial charge in [-0.25, -0.2) is 0 Å². The summed E-state index contributed by atoms with van der Waals surface area (Å²) in [6.45, 7) is 20.5. The molecule has 0 radical (unpaired) electrons. The molecule has 152 valence electrons. The number of unbranched alkanes of at least 4 members (excludes halogenated alkanes) is 1. The smallest absolute Gasteiger partial charge is 0.0165 e. The van der Waals surface area contributed by atoms with E-state index in [1.54, 1.807) is 0 Å². The number of allylic oxidation sites excluding steroid dienone is 3. The third-order valence-corrected chi connectivity index (χ3v) is 6.47. The van der Waals surface area contributed by atoms with Crippen LogP contribution in [0.1, 0.15) is 104 Å². The lowest BCUT2D eigenvalue weighted by Gasteiger charge is -2.20. The van der Waals surface area contributed by atoms with Crippen LogP contribution in [0.15, 0.2) is 42.5 Å². The van der Waals surface area contributed by atoms with Crippen molar-refractivity contribution >= 4 is 5.57 Å². The van der Waals surface area contributed by atoms with Crippen LogP contribution in [0.25, 0.3) is 5.57 Å². The van der Waals surface area contributed by atoms with E-state index in [2.05, 4.69) is 85.4 Å². The van der Waals surface area contributed by atoms with Gasteiger partial charge in [-0.2, -0.15) is 0 Å². The highest BCUT2D eigenvalue weighted by Gasteiger charge is 2.14. The molecule has 0 aliphatic carbocycles. The first-order valence-corrected chi connectivity index (χ1v) is 11.3. The molecular formula is C27H44. The average Bonchev–Trinajstić information content (AvgIpc) is 2.68. The van der Waals surface area contributed by atoms with Gasteiger partial charge in [0.05, 0.1) is 0 Å². The molecule has 1 aromatic carbocycles. The molecule has 0 spiro atoms. The Hall–Kier alpha value is -1.30. The van der Waals surface area contributed by atoms with Crippen LogP contribution in [-0.4, -0.2) is 0 Å². The zero-order valence-corrected chi connectivity index (χ0v) is 19.1. The van der Waals surface area contributed by atoms with Gasteiger partial charge in [0.25, 0.3) is 0 Å². The molecule has 0 saturated heterocycles. The molecule has 0 fully saturated rings. The summed E-state index contributed by atoms with van der Waals surface area (Å²) >= 11 is 0. The molecule has 1 aromatic rings. The van der Waals surface area contributed by atoms with E-state index in [1.807, 2.05) is 0 Å². The molecule has 1 rings (SSSR count). The minimum Gasteiger partial charge on any atom is -0.0956 e. The summed E-state index contributed by atoms with van der Waals surface area (Å²) in [4.78, 5) is 0. The fourth-order valence-corrected chi connectivity index (χ4v) is 3.41. The predicted molar refractivity (Wildman–Crippen MR) is 124 cm³/mol. The van der Waals surface area contributed by atoms with Crippen LogP contribution in [0.2, 0.25) is 0 Å². The molecule has 0 aliphatic heterocycles. The second-order valence-electron chi connectivity index (χ2n) is 8.96. The Labute approximate surface area is 170 Å². The van der Waals surface area contributed by atoms with Crippen LogP contribution in [0, 0.1) is 17.8 Å². The zero-order chi connectivity index (χ0) is 20.4. The van der Waals surface area contributed by atoms with Gasteiger partial charge in [0, 0.05) is 0 Å². The summed E-state index contributed by atoms with van der Waals surface area (Å²) in [5.74, 6) is 2.67. The van der Waals surface area contributed by atoms with Gasteiger partial charge in [-0.15, -0.1) is 0 Å². The second kappa shape index (κ2) is 12.2. The van der Waals surface area contributed by atoms with E-state index in [9.17, 15) is 0 Å². The standard InChI is InChI=1S/C27H44/c1-9-21(5)14-11-12-15-26(18-23(7)20(3)4)27-17-13-16-25(19-27)24(8)22(6)10-2/h13,16-22,24H,7,9-12,14-15H2,1-6,8H3. The maximum atomic E-state index is 4.31. The van der Waals surface area contributed by atoms with Crippen LogP contribution < -0.4 is 0 Å². The van der Waals surface area contributed by atoms with E-state index < -0.39 is 0 Å². The van der Waals surface area contributed by atoms with Crippen LogP contribution >= 0.6 is 0 Å². The predicted octanol–water partition coefficient (Wildman–Crippen LogP) is 9.04. The molecule has 0 N–H and O–H groups in total. The highest BCUT2D eigenvalue weighted by atomic mass is 14.2. The van der Waals surface area contributed by atoms with Gasteiger partial charge in [0.1, 0.15) is 0 Å². The first kappa shape index (κ1) is 23.7. The van der Waals surface area contributed by atoms with Crippen molar-refractivity contribution < 1.29 is 0 Å². The van der Waals surface area contributed by atoms with Gasteiger partial charge in [0.2, 0.25) is 0 Å². The van der Waals surface area contributed by atoms with Gasteiger partial charge < -0.3 is 0 Å². The molecule has 3 atom stereocenters. The van der Waals surface area contributed by atoms with Crippen LogP contribution in [-0.2, 0) is 0 Å². The van der Waals surface area contributed by atoms with E-state index in [-0.39, 0.29) is 0 Å². The highest BCUT2D eigenvalue weighted by Crippen LogP contribution is 2.31. The number of benzene rings is 1. The lowest BCUT2D eigenvalue weighted by atomic mass is 9.85. The maximum Gasteiger partial charge on any atom is -0.0165 e. The number of rotatable bonds is 12. The first-order valence-electron chi connectivity index (χ1n) is 11.3. The number of hydrogen-bond acceptors (Lipinski definition) is 0. The van der Waals surface area contributed by atoms with Crippen molar-refractivity contribution in [3.05, 3.63) is 53.6 Å². The molecule has 27 heavy (non-hydrogen) atoms. The Kier molecular flexibility index (Phi) is 10.7. The fourth-order valence-electron chi connectivity index (χ4n) is 3.41. The lowest BCUT2D eigenvalue weighted by Crippen LogP contribution is -2.05. The molecule has 0 aromatic heterocycles. The molecule has 0 nitrogen and oxygen atoms in total. The molecule has 3 unspecified atom stereocenters. The van der Waals surface area contributed by atoms with E-state index in [1.165, 1.54) is 54.4 Å². The van der Waals surface area contributed by atoms with E-state index in [4.69, 9.17) is 0 Å². The van der Waals surface area contributed by atoms with Gasteiger partial charge in [-0.05, 0) is 53.2 Å². The van der Waals surface area contributed by atoms with Crippen molar-refractivity contribution in [2.24, 2.45) is 17.8 Å². The van der Waals surface area contributed by atoms with E-state index in [0.717, 1.165) is 12.3 Å². The average molecular weight is 369 g/mol. The van der Waals surface area contributed by atoms with Crippen molar-refractivity contribution in [2.75, 3.05) is 0 Å². The van der Waals surface area contributed by atoms with Gasteiger partial charge >= 0.3 is 0 Å². The Morgan fingerprint density at radius 3 is 2.30 bits per heavy atom. The van der Waals surface area contributed by atoms with Crippen LogP contribution in [0.3, 0.4) is 0 Å². The summed E-state index contributed by atoms with van der Waals surface area (Å²) in [6, 6.07) is 9.28. The summed E-state index contributed by atoms with van der Waals surface area (Å²) in [7, 11) is 0. The number of hydrogen-bond donors (Lipinski definition) is 0. The highest BCUT2D eigenvalue weighted by molar-refractivity contribution is 5.68. The third kappa shape index (κ3) is 8.08. The normalized spacial score (nSPS) is 15.6. The fraction of sp³-hybridized carbons (Fsp3) is 0.630. The minimum atomic E-state index is 0.502. The van der Waals surface area contributed by atoms with Crippen molar-refractivity contribution in [3.8, 4) is 0 Å². The molecular weight excluding hydrogens is 324 g/mol. The first-order chi connectivity index (χ1) is 12.8. The van der Waals surface area contributed by atoms with Crippen molar-refractivity contribution in [1.82, 2.24) is 0 Å². The van der Waals surface area contributed by atoms with E-state index in [0.29, 0.717) is 17.8 Å². The molecule has 0 heteroatoms. The maximum absolute atomic E-state index is 4.31. The SMILES string of the molecule is C=C(C=C(CCCCC(C)CC)c1cccc(C(C)C(C)CC)c1)C(C)C. The van der Waals surface area contributed by atoms with Crippen molar-refractivity contribution in [2.45, 2.75) is 92.9 Å². The molecule has 0 aliphatic rings. The summed E-state index contributed by atoms with van der Waals surface area (Å²) in [6.07, 6.45) is 9.98. The zero-order valence-electron chi connectivity index (χ0n) is 19.1. The molecule has 0 saturated carbocycles. The Morgan fingerprint density at radius 2 is 1.70 bits per heavy atom. The third-order valence-electron chi connectivity index (χ3n) is 6.47. The summed E-state index contributed by atoms with van der Waals surface area (Å²) < 4.78 is 0. The molecule has 0 heterocycles. The molecule has 0 bridgehead atoms. The summed E-state index contributed by atoms with van der Waals surface area (Å²) in [5, 5.41) is 0.